The van der Waals surface area contributed by atoms with Gasteiger partial charge in [-0.15, -0.1) is 11.8 Å². The van der Waals surface area contributed by atoms with Gasteiger partial charge in [0.2, 0.25) is 0 Å². The van der Waals surface area contributed by atoms with E-state index in [-0.39, 0.29) is 16.9 Å². The Balaban J connectivity index is 2.51. The average Bonchev–Trinajstić information content (AvgIpc) is 2.71. The predicted octanol–water partition coefficient (Wildman–Crippen LogP) is 2.46. The smallest absolute Gasteiger partial charge is 0.308 e. The second-order valence-corrected chi connectivity index (χ2v) is 6.16. The van der Waals surface area contributed by atoms with Crippen molar-refractivity contribution in [3.8, 4) is 0 Å². The van der Waals surface area contributed by atoms with Gasteiger partial charge < -0.3 is 10.0 Å². The second-order valence-electron chi connectivity index (χ2n) is 4.80. The van der Waals surface area contributed by atoms with Crippen LogP contribution in [0.1, 0.15) is 16.8 Å². The lowest BCUT2D eigenvalue weighted by atomic mass is 9.98. The van der Waals surface area contributed by atoms with Crippen molar-refractivity contribution in [1.82, 2.24) is 4.90 Å². The summed E-state index contributed by atoms with van der Waals surface area (Å²) in [5.41, 5.74) is 0.670. The van der Waals surface area contributed by atoms with Crippen LogP contribution in [0.4, 0.5) is 0 Å². The number of nitrogens with zero attached hydrogens (tertiary/aromatic N) is 1. The molecule has 1 unspecified atom stereocenters. The number of carbonyl (C=O) groups is 3. The van der Waals surface area contributed by atoms with E-state index in [1.165, 1.54) is 16.7 Å². The molecule has 1 aromatic rings. The predicted molar refractivity (Wildman–Crippen MR) is 85.1 cm³/mol. The minimum Gasteiger partial charge on any atom is -0.481 e. The molecule has 0 bridgehead atoms. The van der Waals surface area contributed by atoms with E-state index in [2.05, 4.69) is 0 Å². The first kappa shape index (κ1) is 16.6. The highest BCUT2D eigenvalue weighted by molar-refractivity contribution is 7.99. The molecule has 0 spiro atoms. The number of ketones is 1. The van der Waals surface area contributed by atoms with Crippen molar-refractivity contribution in [2.24, 2.45) is 0 Å². The first-order valence-electron chi connectivity index (χ1n) is 6.42. The van der Waals surface area contributed by atoms with Crippen LogP contribution in [-0.2, 0) is 9.59 Å². The van der Waals surface area contributed by atoms with Crippen molar-refractivity contribution in [1.29, 1.82) is 0 Å². The van der Waals surface area contributed by atoms with Gasteiger partial charge in [0, 0.05) is 28.8 Å². The molecular formula is C15H14ClNO4S. The van der Waals surface area contributed by atoms with Crippen LogP contribution in [0, 0.1) is 0 Å². The average molecular weight is 340 g/mol. The number of Topliss-reactive ketones (excluding diaryl/α,β-unsaturated/α-hetero) is 1. The summed E-state index contributed by atoms with van der Waals surface area (Å²) in [6.45, 7) is 0. The Morgan fingerprint density at radius 2 is 1.91 bits per heavy atom. The lowest BCUT2D eigenvalue weighted by molar-refractivity contribution is -0.137. The molecule has 2 rings (SSSR count). The van der Waals surface area contributed by atoms with Crippen LogP contribution >= 0.6 is 23.4 Å². The number of likely N-dealkylation sites (N-methyl/N-ethyl adjacent to an activating group) is 1. The molecule has 5 nitrogen and oxygen atoms in total. The van der Waals surface area contributed by atoms with Crippen molar-refractivity contribution in [2.45, 2.75) is 11.8 Å². The monoisotopic (exact) mass is 339 g/mol. The molecule has 1 heterocycles. The highest BCUT2D eigenvalue weighted by Crippen LogP contribution is 2.35. The van der Waals surface area contributed by atoms with Gasteiger partial charge in [0.05, 0.1) is 6.42 Å². The van der Waals surface area contributed by atoms with E-state index in [4.69, 9.17) is 16.7 Å². The molecule has 1 amide bonds. The van der Waals surface area contributed by atoms with Crippen LogP contribution in [-0.4, -0.2) is 46.3 Å². The molecule has 116 valence electrons. The van der Waals surface area contributed by atoms with Crippen molar-refractivity contribution >= 4 is 41.0 Å². The molecule has 22 heavy (non-hydrogen) atoms. The summed E-state index contributed by atoms with van der Waals surface area (Å²) in [7, 11) is 1.56. The van der Waals surface area contributed by atoms with Crippen molar-refractivity contribution in [2.75, 3.05) is 13.3 Å². The molecular weight excluding hydrogens is 326 g/mol. The van der Waals surface area contributed by atoms with E-state index < -0.39 is 23.7 Å². The van der Waals surface area contributed by atoms with Crippen molar-refractivity contribution in [3.63, 3.8) is 0 Å². The Labute approximate surface area is 136 Å². The molecule has 1 aliphatic rings. The van der Waals surface area contributed by atoms with E-state index in [9.17, 15) is 14.4 Å². The number of carbonyl (C=O) groups excluding carboxylic acids is 2. The highest BCUT2D eigenvalue weighted by Gasteiger charge is 2.40. The molecule has 1 atom stereocenters. The van der Waals surface area contributed by atoms with Crippen LogP contribution in [0.3, 0.4) is 0 Å². The first-order chi connectivity index (χ1) is 10.4. The van der Waals surface area contributed by atoms with Gasteiger partial charge in [0.25, 0.3) is 5.91 Å². The molecule has 1 N–H and O–H groups in total. The third-order valence-electron chi connectivity index (χ3n) is 3.40. The summed E-state index contributed by atoms with van der Waals surface area (Å²) < 4.78 is 0. The Morgan fingerprint density at radius 1 is 1.32 bits per heavy atom. The minimum absolute atomic E-state index is 0.0503. The molecule has 1 aliphatic heterocycles. The van der Waals surface area contributed by atoms with E-state index in [1.54, 1.807) is 37.6 Å². The van der Waals surface area contributed by atoms with Crippen LogP contribution in [0.25, 0.3) is 0 Å². The zero-order chi connectivity index (χ0) is 16.4. The number of carboxylic acid groups (broad SMARTS) is 1. The van der Waals surface area contributed by atoms with E-state index in [0.717, 1.165) is 0 Å². The number of hydrogen-bond donors (Lipinski definition) is 1. The van der Waals surface area contributed by atoms with Crippen LogP contribution in [0.5, 0.6) is 0 Å². The molecule has 0 saturated heterocycles. The maximum atomic E-state index is 12.7. The fraction of sp³-hybridized carbons (Fsp3) is 0.267. The van der Waals surface area contributed by atoms with Gasteiger partial charge in [-0.2, -0.15) is 0 Å². The fourth-order valence-corrected chi connectivity index (χ4v) is 3.40. The standard InChI is InChI=1S/C15H14ClNO4S/c1-17-14(21)10(7-11(18)19)12(15(17)22-2)13(20)8-3-5-9(16)6-4-8/h3-6,15H,7H2,1-2H3,(H,18,19). The van der Waals surface area contributed by atoms with E-state index in [0.29, 0.717) is 10.6 Å². The van der Waals surface area contributed by atoms with E-state index in [1.807, 2.05) is 0 Å². The third-order valence-corrected chi connectivity index (χ3v) is 4.66. The Kier molecular flexibility index (Phi) is 4.93. The maximum Gasteiger partial charge on any atom is 0.308 e. The lowest BCUT2D eigenvalue weighted by Crippen LogP contribution is -2.30. The summed E-state index contributed by atoms with van der Waals surface area (Å²) in [4.78, 5) is 37.4. The van der Waals surface area contributed by atoms with E-state index >= 15 is 0 Å². The van der Waals surface area contributed by atoms with Crippen molar-refractivity contribution in [3.05, 3.63) is 46.0 Å². The fourth-order valence-electron chi connectivity index (χ4n) is 2.38. The summed E-state index contributed by atoms with van der Waals surface area (Å²) in [5, 5.41) is 9.02. The zero-order valence-corrected chi connectivity index (χ0v) is 13.6. The van der Waals surface area contributed by atoms with Crippen molar-refractivity contribution < 1.29 is 19.5 Å². The minimum atomic E-state index is -1.14. The molecule has 0 radical (unpaired) electrons. The molecule has 0 fully saturated rings. The van der Waals surface area contributed by atoms with Gasteiger partial charge in [-0.1, -0.05) is 11.6 Å². The maximum absolute atomic E-state index is 12.7. The molecule has 7 heteroatoms. The zero-order valence-electron chi connectivity index (χ0n) is 12.0. The van der Waals surface area contributed by atoms with Gasteiger partial charge in [0.15, 0.2) is 5.78 Å². The number of aliphatic carboxylic acids is 1. The number of amides is 1. The quantitative estimate of drug-likeness (QED) is 0.834. The van der Waals surface area contributed by atoms with Gasteiger partial charge in [0.1, 0.15) is 5.37 Å². The summed E-state index contributed by atoms with van der Waals surface area (Å²) in [5.74, 6) is -1.90. The number of halogens is 1. The third kappa shape index (κ3) is 3.03. The SMILES string of the molecule is CSC1C(C(=O)c2ccc(Cl)cc2)=C(CC(=O)O)C(=O)N1C. The van der Waals surface area contributed by atoms with Crippen LogP contribution < -0.4 is 0 Å². The van der Waals surface area contributed by atoms with Crippen LogP contribution in [0.2, 0.25) is 5.02 Å². The largest absolute Gasteiger partial charge is 0.481 e. The lowest BCUT2D eigenvalue weighted by Gasteiger charge is -2.20. The summed E-state index contributed by atoms with van der Waals surface area (Å²) in [6.07, 6.45) is 1.31. The van der Waals surface area contributed by atoms with Crippen LogP contribution in [0.15, 0.2) is 35.4 Å². The number of rotatable bonds is 5. The number of thioether (sulfide) groups is 1. The van der Waals surface area contributed by atoms with Gasteiger partial charge in [-0.05, 0) is 30.5 Å². The number of hydrogen-bond acceptors (Lipinski definition) is 4. The molecule has 0 aromatic heterocycles. The topological polar surface area (TPSA) is 74.7 Å². The first-order valence-corrected chi connectivity index (χ1v) is 8.08. The summed E-state index contributed by atoms with van der Waals surface area (Å²) >= 11 is 7.13. The Hall–Kier alpha value is -1.79. The van der Waals surface area contributed by atoms with Gasteiger partial charge in [-0.3, -0.25) is 14.4 Å². The molecule has 0 aliphatic carbocycles. The molecule has 0 saturated carbocycles. The van der Waals surface area contributed by atoms with Gasteiger partial charge >= 0.3 is 5.97 Å². The number of carboxylic acids is 1. The number of benzene rings is 1. The summed E-state index contributed by atoms with van der Waals surface area (Å²) in [6, 6.07) is 6.30. The second kappa shape index (κ2) is 6.54. The molecule has 1 aromatic carbocycles. The Bertz CT molecular complexity index is 669. The normalized spacial score (nSPS) is 18.0. The van der Waals surface area contributed by atoms with Gasteiger partial charge in [-0.25, -0.2) is 0 Å². The Morgan fingerprint density at radius 3 is 2.41 bits per heavy atom. The highest BCUT2D eigenvalue weighted by atomic mass is 35.5.